The highest BCUT2D eigenvalue weighted by molar-refractivity contribution is 7.88. The average Bonchev–Trinajstić information content (AvgIpc) is 3.84. The summed E-state index contributed by atoms with van der Waals surface area (Å²) in [7, 11) is -3.16. The van der Waals surface area contributed by atoms with Crippen molar-refractivity contribution in [3.8, 4) is 22.3 Å². The number of hydrogen-bond acceptors (Lipinski definition) is 13. The lowest BCUT2D eigenvalue weighted by atomic mass is 10.0. The highest BCUT2D eigenvalue weighted by Crippen LogP contribution is 2.32. The van der Waals surface area contributed by atoms with Crippen molar-refractivity contribution >= 4 is 95.8 Å². The number of carbonyl (C=O) groups excluding carboxylic acids is 3. The molecule has 4 heterocycles. The number of nitrogens with one attached hydrogen (secondary N) is 4. The molecule has 4 N–H and O–H groups in total. The second kappa shape index (κ2) is 21.3. The second-order valence-electron chi connectivity index (χ2n) is 16.7. The fraction of sp³-hybridized carbons (Fsp3) is 0.130. The van der Waals surface area contributed by atoms with Crippen molar-refractivity contribution in [3.05, 3.63) is 171 Å². The number of aromatic nitrogens is 4. The monoisotopic (exact) mass is 979 g/mol. The van der Waals surface area contributed by atoms with Gasteiger partial charge in [-0.05, 0) is 96.1 Å². The molecule has 0 unspecified atom stereocenters. The Kier molecular flexibility index (Phi) is 14.2. The minimum absolute atomic E-state index is 0.267. The molecule has 6 aromatic carbocycles. The van der Waals surface area contributed by atoms with Crippen molar-refractivity contribution < 1.29 is 27.5 Å². The molecule has 362 valence electrons. The lowest BCUT2D eigenvalue weighted by molar-refractivity contribution is -0.112. The van der Waals surface area contributed by atoms with E-state index in [2.05, 4.69) is 49.3 Å². The van der Waals surface area contributed by atoms with Crippen LogP contribution in [0, 0.1) is 0 Å². The number of piperazine rings is 1. The number of amides is 3. The number of anilines is 8. The maximum Gasteiger partial charge on any atom is 0.414 e. The maximum absolute atomic E-state index is 11.8. The molecule has 18 heteroatoms. The molecule has 0 atom stereocenters. The fourth-order valence-corrected chi connectivity index (χ4v) is 9.08. The number of rotatable bonds is 13. The zero-order valence-corrected chi connectivity index (χ0v) is 40.0. The number of para-hydroxylation sites is 2. The number of carbonyl (C=O) groups is 3. The Labute approximate surface area is 416 Å². The van der Waals surface area contributed by atoms with Crippen LogP contribution in [0.4, 0.5) is 50.8 Å². The van der Waals surface area contributed by atoms with E-state index in [1.165, 1.54) is 22.7 Å². The van der Waals surface area contributed by atoms with E-state index >= 15 is 0 Å². The van der Waals surface area contributed by atoms with E-state index in [1.54, 1.807) is 17.3 Å². The van der Waals surface area contributed by atoms with Gasteiger partial charge in [-0.15, -0.1) is 0 Å². The molecule has 0 bridgehead atoms. The lowest BCUT2D eigenvalue weighted by Gasteiger charge is -2.34. The zero-order chi connectivity index (χ0) is 50.2. The van der Waals surface area contributed by atoms with Crippen LogP contribution in [0.25, 0.3) is 44.1 Å². The van der Waals surface area contributed by atoms with Crippen LogP contribution in [-0.4, -0.2) is 96.2 Å². The van der Waals surface area contributed by atoms with E-state index in [4.69, 9.17) is 14.7 Å². The molecule has 2 saturated heterocycles. The normalized spacial score (nSPS) is 13.7. The average molecular weight is 980 g/mol. The van der Waals surface area contributed by atoms with Gasteiger partial charge in [0.25, 0.3) is 0 Å². The second-order valence-corrected chi connectivity index (χ2v) is 18.7. The standard InChI is InChI=1S/C28H28N6O3S.C26H21N5O3/c1-3-26(35)30-23-8-4-6-20(18-23)25-9-5-7-21-19-29-28(32-27(21)25)31-22-10-12-24(13-11-22)33-14-16-34(17-15-33)38(2,36)37;1-2-23(32)28-20-7-3-5-17(15-20)22-8-4-6-18-16-27-25(30-24(18)22)29-19-9-11-21(12-10-19)31-13-14-34-26(31)33/h3-13,18-19H,1,14-17H2,2H3,(H,30,35)(H,29,31,32);2-12,15-16H,1,13-14H2,(H,28,32)(H,27,29,30). The van der Waals surface area contributed by atoms with Crippen LogP contribution in [-0.2, 0) is 24.3 Å². The molecule has 2 aromatic heterocycles. The van der Waals surface area contributed by atoms with Crippen LogP contribution in [0.15, 0.2) is 171 Å². The molecule has 2 aliphatic heterocycles. The largest absolute Gasteiger partial charge is 0.447 e. The number of benzene rings is 6. The van der Waals surface area contributed by atoms with Crippen molar-refractivity contribution in [1.82, 2.24) is 24.2 Å². The van der Waals surface area contributed by atoms with Gasteiger partial charge in [-0.25, -0.2) is 33.1 Å². The molecule has 10 rings (SSSR count). The number of hydrogen-bond donors (Lipinski definition) is 4. The third-order valence-electron chi connectivity index (χ3n) is 11.9. The van der Waals surface area contributed by atoms with Crippen LogP contribution in [0.1, 0.15) is 0 Å². The van der Waals surface area contributed by atoms with Crippen molar-refractivity contribution in [2.45, 2.75) is 0 Å². The van der Waals surface area contributed by atoms with Crippen LogP contribution in [0.5, 0.6) is 0 Å². The summed E-state index contributed by atoms with van der Waals surface area (Å²) in [6.45, 7) is 10.2. The summed E-state index contributed by atoms with van der Waals surface area (Å²) in [5.74, 6) is 0.382. The van der Waals surface area contributed by atoms with Gasteiger partial charge in [-0.1, -0.05) is 73.8 Å². The molecule has 8 aromatic rings. The number of cyclic esters (lactones) is 1. The minimum atomic E-state index is -3.16. The first kappa shape index (κ1) is 48.0. The maximum atomic E-state index is 11.8. The van der Waals surface area contributed by atoms with Gasteiger partial charge in [-0.2, -0.15) is 4.31 Å². The van der Waals surface area contributed by atoms with E-state index < -0.39 is 10.0 Å². The number of fused-ring (bicyclic) bond motifs is 2. The Morgan fingerprint density at radius 3 is 1.51 bits per heavy atom. The Morgan fingerprint density at radius 2 is 1.07 bits per heavy atom. The van der Waals surface area contributed by atoms with Gasteiger partial charge in [0, 0.05) is 94.6 Å². The molecule has 72 heavy (non-hydrogen) atoms. The Morgan fingerprint density at radius 1 is 0.597 bits per heavy atom. The molecule has 2 fully saturated rings. The van der Waals surface area contributed by atoms with Gasteiger partial charge in [0.05, 0.1) is 23.8 Å². The Balaban J connectivity index is 0.000000179. The van der Waals surface area contributed by atoms with Crippen LogP contribution >= 0.6 is 0 Å². The summed E-state index contributed by atoms with van der Waals surface area (Å²) in [5, 5.41) is 13.9. The summed E-state index contributed by atoms with van der Waals surface area (Å²) in [4.78, 5) is 57.4. The third kappa shape index (κ3) is 11.4. The molecule has 0 spiro atoms. The summed E-state index contributed by atoms with van der Waals surface area (Å²) >= 11 is 0. The first-order chi connectivity index (χ1) is 34.9. The predicted molar refractivity (Wildman–Crippen MR) is 284 cm³/mol. The molecule has 0 aliphatic carbocycles. The van der Waals surface area contributed by atoms with Crippen molar-refractivity contribution in [2.75, 3.05) is 76.7 Å². The minimum Gasteiger partial charge on any atom is -0.447 e. The van der Waals surface area contributed by atoms with Gasteiger partial charge in [0.1, 0.15) is 6.61 Å². The lowest BCUT2D eigenvalue weighted by Crippen LogP contribution is -2.48. The van der Waals surface area contributed by atoms with Crippen molar-refractivity contribution in [1.29, 1.82) is 0 Å². The SMILES string of the molecule is C=CC(=O)Nc1cccc(-c2cccc3cnc(Nc4ccc(N5CCN(S(C)(=O)=O)CC5)cc4)nc23)c1.C=CC(=O)Nc1cccc(-c2cccc3cnc(Nc4ccc(N5CCOC5=O)cc4)nc23)c1. The molecule has 0 radical (unpaired) electrons. The number of sulfonamides is 1. The molecular weight excluding hydrogens is 931 g/mol. The van der Waals surface area contributed by atoms with E-state index in [0.29, 0.717) is 62.6 Å². The van der Waals surface area contributed by atoms with Crippen LogP contribution in [0.3, 0.4) is 0 Å². The third-order valence-corrected chi connectivity index (χ3v) is 13.2. The van der Waals surface area contributed by atoms with Crippen molar-refractivity contribution in [2.24, 2.45) is 0 Å². The molecular formula is C54H49N11O6S. The van der Waals surface area contributed by atoms with Gasteiger partial charge in [-0.3, -0.25) is 14.5 Å². The van der Waals surface area contributed by atoms with Gasteiger partial charge >= 0.3 is 6.09 Å². The molecule has 0 saturated carbocycles. The van der Waals surface area contributed by atoms with Gasteiger partial charge in [0.15, 0.2) is 0 Å². The first-order valence-corrected chi connectivity index (χ1v) is 24.7. The smallest absolute Gasteiger partial charge is 0.414 e. The van der Waals surface area contributed by atoms with E-state index in [9.17, 15) is 22.8 Å². The van der Waals surface area contributed by atoms with Gasteiger partial charge < -0.3 is 30.9 Å². The van der Waals surface area contributed by atoms with Crippen LogP contribution < -0.4 is 31.1 Å². The number of ether oxygens (including phenoxy) is 1. The predicted octanol–water partition coefficient (Wildman–Crippen LogP) is 9.37. The molecule has 3 amide bonds. The summed E-state index contributed by atoms with van der Waals surface area (Å²) in [6.07, 6.45) is 6.95. The summed E-state index contributed by atoms with van der Waals surface area (Å²) in [5.41, 5.74) is 10.0. The van der Waals surface area contributed by atoms with E-state index in [-0.39, 0.29) is 17.9 Å². The Bertz CT molecular complexity index is 3460. The molecule has 17 nitrogen and oxygen atoms in total. The summed E-state index contributed by atoms with van der Waals surface area (Å²) in [6, 6.07) is 42.3. The highest BCUT2D eigenvalue weighted by Gasteiger charge is 2.25. The highest BCUT2D eigenvalue weighted by atomic mass is 32.2. The number of nitrogens with zero attached hydrogens (tertiary/aromatic N) is 7. The topological polar surface area (TPSA) is 204 Å². The quantitative estimate of drug-likeness (QED) is 0.0797. The van der Waals surface area contributed by atoms with E-state index in [0.717, 1.165) is 66.8 Å². The van der Waals surface area contributed by atoms with Crippen molar-refractivity contribution in [3.63, 3.8) is 0 Å². The Hall–Kier alpha value is -9.00. The summed E-state index contributed by atoms with van der Waals surface area (Å²) < 4.78 is 30.0. The van der Waals surface area contributed by atoms with Gasteiger partial charge in [0.2, 0.25) is 33.7 Å². The zero-order valence-electron chi connectivity index (χ0n) is 39.2. The molecule has 2 aliphatic rings. The van der Waals surface area contributed by atoms with E-state index in [1.807, 2.05) is 133 Å². The van der Waals surface area contributed by atoms with Crippen LogP contribution in [0.2, 0.25) is 0 Å². The first-order valence-electron chi connectivity index (χ1n) is 22.9. The fourth-order valence-electron chi connectivity index (χ4n) is 8.26.